The minimum atomic E-state index is -0.731. The summed E-state index contributed by atoms with van der Waals surface area (Å²) >= 11 is 0. The van der Waals surface area contributed by atoms with Gasteiger partial charge in [-0.3, -0.25) is 9.69 Å². The van der Waals surface area contributed by atoms with E-state index >= 15 is 0 Å². The van der Waals surface area contributed by atoms with Crippen LogP contribution in [0.5, 0.6) is 0 Å². The monoisotopic (exact) mass is 214 g/mol. The van der Waals surface area contributed by atoms with Crippen LogP contribution in [0, 0.1) is 0 Å². The molecule has 4 heteroatoms. The van der Waals surface area contributed by atoms with Crippen LogP contribution in [-0.2, 0) is 4.79 Å². The van der Waals surface area contributed by atoms with Gasteiger partial charge in [0.2, 0.25) is 0 Å². The van der Waals surface area contributed by atoms with Crippen molar-refractivity contribution in [3.63, 3.8) is 0 Å². The van der Waals surface area contributed by atoms with E-state index in [1.54, 1.807) is 0 Å². The molecule has 0 aliphatic carbocycles. The SMILES string of the molecule is CC1CC(N(CC(=O)O)C(C)C)CN1C. The van der Waals surface area contributed by atoms with Crippen molar-refractivity contribution >= 4 is 5.97 Å². The first-order valence-corrected chi connectivity index (χ1v) is 5.59. The smallest absolute Gasteiger partial charge is 0.317 e. The molecule has 1 aliphatic rings. The van der Waals surface area contributed by atoms with Crippen LogP contribution in [0.3, 0.4) is 0 Å². The Morgan fingerprint density at radius 2 is 2.20 bits per heavy atom. The topological polar surface area (TPSA) is 43.8 Å². The van der Waals surface area contributed by atoms with Gasteiger partial charge >= 0.3 is 5.97 Å². The fourth-order valence-electron chi connectivity index (χ4n) is 2.29. The van der Waals surface area contributed by atoms with E-state index in [1.807, 2.05) is 0 Å². The Morgan fingerprint density at radius 1 is 1.60 bits per heavy atom. The van der Waals surface area contributed by atoms with E-state index in [0.717, 1.165) is 13.0 Å². The summed E-state index contributed by atoms with van der Waals surface area (Å²) in [5.41, 5.74) is 0. The van der Waals surface area contributed by atoms with Crippen LogP contribution < -0.4 is 0 Å². The first-order valence-electron chi connectivity index (χ1n) is 5.59. The molecule has 0 bridgehead atoms. The first kappa shape index (κ1) is 12.5. The number of carboxylic acid groups (broad SMARTS) is 1. The summed E-state index contributed by atoms with van der Waals surface area (Å²) in [4.78, 5) is 15.2. The van der Waals surface area contributed by atoms with Gasteiger partial charge < -0.3 is 10.0 Å². The number of hydrogen-bond acceptors (Lipinski definition) is 3. The van der Waals surface area contributed by atoms with Crippen LogP contribution in [0.15, 0.2) is 0 Å². The third kappa shape index (κ3) is 3.18. The fourth-order valence-corrected chi connectivity index (χ4v) is 2.29. The van der Waals surface area contributed by atoms with Crippen molar-refractivity contribution in [3.05, 3.63) is 0 Å². The van der Waals surface area contributed by atoms with Crippen LogP contribution in [-0.4, -0.2) is 59.1 Å². The quantitative estimate of drug-likeness (QED) is 0.754. The normalized spacial score (nSPS) is 27.9. The molecule has 1 rings (SSSR count). The lowest BCUT2D eigenvalue weighted by Gasteiger charge is -2.30. The second-order valence-electron chi connectivity index (χ2n) is 4.84. The number of rotatable bonds is 4. The Morgan fingerprint density at radius 3 is 2.53 bits per heavy atom. The van der Waals surface area contributed by atoms with Crippen LogP contribution in [0.1, 0.15) is 27.2 Å². The third-order valence-corrected chi connectivity index (χ3v) is 3.31. The van der Waals surface area contributed by atoms with Crippen LogP contribution in [0.4, 0.5) is 0 Å². The van der Waals surface area contributed by atoms with Crippen molar-refractivity contribution in [1.29, 1.82) is 0 Å². The van der Waals surface area contributed by atoms with Crippen molar-refractivity contribution in [3.8, 4) is 0 Å². The Kier molecular flexibility index (Phi) is 4.11. The molecule has 2 unspecified atom stereocenters. The maximum absolute atomic E-state index is 10.8. The van der Waals surface area contributed by atoms with Crippen LogP contribution in [0.25, 0.3) is 0 Å². The Labute approximate surface area is 91.9 Å². The minimum absolute atomic E-state index is 0.156. The molecule has 0 aromatic heterocycles. The molecular weight excluding hydrogens is 192 g/mol. The van der Waals surface area contributed by atoms with Crippen LogP contribution >= 0.6 is 0 Å². The van der Waals surface area contributed by atoms with Gasteiger partial charge in [-0.15, -0.1) is 0 Å². The fraction of sp³-hybridized carbons (Fsp3) is 0.909. The molecule has 0 amide bonds. The molecule has 1 heterocycles. The molecule has 1 aliphatic heterocycles. The van der Waals surface area contributed by atoms with Gasteiger partial charge in [-0.1, -0.05) is 0 Å². The van der Waals surface area contributed by atoms with Gasteiger partial charge in [0.1, 0.15) is 0 Å². The van der Waals surface area contributed by atoms with Gasteiger partial charge in [-0.25, -0.2) is 0 Å². The number of aliphatic carboxylic acids is 1. The molecule has 0 spiro atoms. The Hall–Kier alpha value is -0.610. The Balaban J connectivity index is 2.61. The number of likely N-dealkylation sites (N-methyl/N-ethyl adjacent to an activating group) is 1. The Bertz CT molecular complexity index is 221. The van der Waals surface area contributed by atoms with Crippen LogP contribution in [0.2, 0.25) is 0 Å². The standard InChI is InChI=1S/C11H22N2O2/c1-8(2)13(7-11(14)15)10-5-9(3)12(4)6-10/h8-10H,5-7H2,1-4H3,(H,14,15). The third-order valence-electron chi connectivity index (χ3n) is 3.31. The van der Waals surface area contributed by atoms with Crippen molar-refractivity contribution in [2.24, 2.45) is 0 Å². The van der Waals surface area contributed by atoms with E-state index < -0.39 is 5.97 Å². The van der Waals surface area contributed by atoms with E-state index in [9.17, 15) is 4.79 Å². The molecule has 0 saturated carbocycles. The lowest BCUT2D eigenvalue weighted by molar-refractivity contribution is -0.139. The van der Waals surface area contributed by atoms with E-state index in [4.69, 9.17) is 5.11 Å². The van der Waals surface area contributed by atoms with E-state index in [2.05, 4.69) is 37.6 Å². The van der Waals surface area contributed by atoms with Crippen molar-refractivity contribution < 1.29 is 9.90 Å². The molecule has 0 aromatic rings. The lowest BCUT2D eigenvalue weighted by Crippen LogP contribution is -2.44. The molecule has 1 fully saturated rings. The predicted octanol–water partition coefficient (Wildman–Crippen LogP) is 0.874. The maximum Gasteiger partial charge on any atom is 0.317 e. The summed E-state index contributed by atoms with van der Waals surface area (Å²) < 4.78 is 0. The van der Waals surface area contributed by atoms with Crippen molar-refractivity contribution in [2.75, 3.05) is 20.1 Å². The minimum Gasteiger partial charge on any atom is -0.480 e. The molecule has 2 atom stereocenters. The molecule has 88 valence electrons. The first-order chi connectivity index (χ1) is 6.91. The van der Waals surface area contributed by atoms with E-state index in [0.29, 0.717) is 18.1 Å². The largest absolute Gasteiger partial charge is 0.480 e. The summed E-state index contributed by atoms with van der Waals surface area (Å²) in [6, 6.07) is 1.25. The summed E-state index contributed by atoms with van der Waals surface area (Å²) in [5.74, 6) is -0.731. The summed E-state index contributed by atoms with van der Waals surface area (Å²) in [7, 11) is 2.10. The van der Waals surface area contributed by atoms with Gasteiger partial charge in [-0.05, 0) is 34.2 Å². The molecule has 0 radical (unpaired) electrons. The number of carbonyl (C=O) groups is 1. The number of carboxylic acids is 1. The second-order valence-corrected chi connectivity index (χ2v) is 4.84. The highest BCUT2D eigenvalue weighted by molar-refractivity contribution is 5.69. The van der Waals surface area contributed by atoms with Crippen molar-refractivity contribution in [1.82, 2.24) is 9.80 Å². The predicted molar refractivity (Wildman–Crippen MR) is 60.0 cm³/mol. The van der Waals surface area contributed by atoms with Crippen molar-refractivity contribution in [2.45, 2.75) is 45.3 Å². The van der Waals surface area contributed by atoms with Gasteiger partial charge in [-0.2, -0.15) is 0 Å². The average molecular weight is 214 g/mol. The summed E-state index contributed by atoms with van der Waals surface area (Å²) in [6.45, 7) is 7.45. The second kappa shape index (κ2) is 4.94. The van der Waals surface area contributed by atoms with E-state index in [1.165, 1.54) is 0 Å². The zero-order valence-electron chi connectivity index (χ0n) is 10.1. The van der Waals surface area contributed by atoms with Gasteiger partial charge in [0, 0.05) is 24.7 Å². The molecule has 1 N–H and O–H groups in total. The lowest BCUT2D eigenvalue weighted by atomic mass is 10.1. The zero-order valence-corrected chi connectivity index (χ0v) is 10.1. The molecule has 1 saturated heterocycles. The van der Waals surface area contributed by atoms with E-state index in [-0.39, 0.29) is 6.54 Å². The van der Waals surface area contributed by atoms with Gasteiger partial charge in [0.25, 0.3) is 0 Å². The average Bonchev–Trinajstić information content (AvgIpc) is 2.42. The summed E-state index contributed by atoms with van der Waals surface area (Å²) in [6.07, 6.45) is 1.07. The highest BCUT2D eigenvalue weighted by atomic mass is 16.4. The molecular formula is C11H22N2O2. The summed E-state index contributed by atoms with van der Waals surface area (Å²) in [5, 5.41) is 8.87. The highest BCUT2D eigenvalue weighted by Crippen LogP contribution is 2.21. The van der Waals surface area contributed by atoms with Gasteiger partial charge in [0.05, 0.1) is 6.54 Å². The maximum atomic E-state index is 10.8. The number of nitrogens with zero attached hydrogens (tertiary/aromatic N) is 2. The number of hydrogen-bond donors (Lipinski definition) is 1. The highest BCUT2D eigenvalue weighted by Gasteiger charge is 2.32. The molecule has 4 nitrogen and oxygen atoms in total. The molecule has 15 heavy (non-hydrogen) atoms. The van der Waals surface area contributed by atoms with Gasteiger partial charge in [0.15, 0.2) is 0 Å². The molecule has 0 aromatic carbocycles. The zero-order chi connectivity index (χ0) is 11.6. The number of likely N-dealkylation sites (tertiary alicyclic amines) is 1.